The maximum atomic E-state index is 15.0. The Morgan fingerprint density at radius 1 is 1.15 bits per heavy atom. The second-order valence-corrected chi connectivity index (χ2v) is 9.18. The normalized spacial score (nSPS) is 21.0. The molecule has 3 heterocycles. The van der Waals surface area contributed by atoms with Gasteiger partial charge in [-0.15, -0.1) is 0 Å². The molecule has 1 amide bonds. The van der Waals surface area contributed by atoms with E-state index >= 15 is 4.39 Å². The highest BCUT2D eigenvalue weighted by Crippen LogP contribution is 2.48. The zero-order valence-electron chi connectivity index (χ0n) is 19.4. The Bertz CT molecular complexity index is 1270. The number of amides is 1. The highest BCUT2D eigenvalue weighted by molar-refractivity contribution is 5.92. The molecular formula is C25H28FN5O3. The zero-order chi connectivity index (χ0) is 24.0. The summed E-state index contributed by atoms with van der Waals surface area (Å²) in [6.07, 6.45) is 4.28. The van der Waals surface area contributed by atoms with Crippen LogP contribution >= 0.6 is 0 Å². The van der Waals surface area contributed by atoms with Gasteiger partial charge in [0.25, 0.3) is 5.91 Å². The third kappa shape index (κ3) is 4.04. The van der Waals surface area contributed by atoms with E-state index in [4.69, 9.17) is 5.11 Å². The maximum absolute atomic E-state index is 15.0. The van der Waals surface area contributed by atoms with Crippen LogP contribution in [-0.4, -0.2) is 61.7 Å². The van der Waals surface area contributed by atoms with Gasteiger partial charge in [0.05, 0.1) is 11.6 Å². The number of carbonyl (C=O) groups excluding carboxylic acids is 1. The lowest BCUT2D eigenvalue weighted by atomic mass is 10.0. The Morgan fingerprint density at radius 2 is 1.94 bits per heavy atom. The van der Waals surface area contributed by atoms with E-state index in [9.17, 15) is 9.59 Å². The van der Waals surface area contributed by atoms with Gasteiger partial charge in [0, 0.05) is 37.5 Å². The first kappa shape index (κ1) is 22.5. The number of aliphatic carboxylic acids is 1. The monoisotopic (exact) mass is 465 g/mol. The molecular weight excluding hydrogens is 437 g/mol. The van der Waals surface area contributed by atoms with Crippen molar-refractivity contribution in [3.8, 4) is 11.3 Å². The van der Waals surface area contributed by atoms with Crippen molar-refractivity contribution in [1.29, 1.82) is 0 Å². The molecule has 9 heteroatoms. The van der Waals surface area contributed by atoms with Crippen LogP contribution < -0.4 is 0 Å². The van der Waals surface area contributed by atoms with Gasteiger partial charge in [-0.25, -0.2) is 18.9 Å². The van der Waals surface area contributed by atoms with Crippen LogP contribution in [0, 0.1) is 11.7 Å². The van der Waals surface area contributed by atoms with Gasteiger partial charge in [0.1, 0.15) is 11.5 Å². The maximum Gasteiger partial charge on any atom is 0.307 e. The number of halogens is 1. The van der Waals surface area contributed by atoms with E-state index in [1.165, 1.54) is 6.07 Å². The molecule has 8 nitrogen and oxygen atoms in total. The number of nitrogens with zero attached hydrogens (tertiary/aromatic N) is 5. The molecule has 1 aromatic carbocycles. The van der Waals surface area contributed by atoms with Crippen LogP contribution in [0.4, 0.5) is 4.39 Å². The third-order valence-electron chi connectivity index (χ3n) is 6.89. The number of aromatic nitrogens is 3. The zero-order valence-corrected chi connectivity index (χ0v) is 19.4. The first-order valence-electron chi connectivity index (χ1n) is 11.8. The second kappa shape index (κ2) is 8.79. The quantitative estimate of drug-likeness (QED) is 0.617. The van der Waals surface area contributed by atoms with Crippen molar-refractivity contribution in [2.45, 2.75) is 44.9 Å². The number of hydrogen-bond acceptors (Lipinski definition) is 5. The Balaban J connectivity index is 1.47. The van der Waals surface area contributed by atoms with Gasteiger partial charge in [-0.1, -0.05) is 19.4 Å². The fraction of sp³-hybridized carbons (Fsp3) is 0.440. The molecule has 178 valence electrons. The fourth-order valence-electron chi connectivity index (χ4n) is 4.80. The van der Waals surface area contributed by atoms with Crippen molar-refractivity contribution in [2.75, 3.05) is 20.1 Å². The predicted octanol–water partition coefficient (Wildman–Crippen LogP) is 3.76. The number of carboxylic acid groups (broad SMARTS) is 1. The van der Waals surface area contributed by atoms with Crippen molar-refractivity contribution < 1.29 is 19.1 Å². The van der Waals surface area contributed by atoms with E-state index in [0.717, 1.165) is 31.5 Å². The number of rotatable bonds is 5. The van der Waals surface area contributed by atoms with Crippen molar-refractivity contribution in [1.82, 2.24) is 24.6 Å². The van der Waals surface area contributed by atoms with Crippen LogP contribution in [0.15, 0.2) is 30.3 Å². The number of aryl methyl sites for hydroxylation is 1. The summed E-state index contributed by atoms with van der Waals surface area (Å²) in [6.45, 7) is 3.47. The molecule has 1 N–H and O–H groups in total. The highest BCUT2D eigenvalue weighted by atomic mass is 19.1. The summed E-state index contributed by atoms with van der Waals surface area (Å²) >= 11 is 0. The van der Waals surface area contributed by atoms with E-state index < -0.39 is 17.7 Å². The molecule has 1 aliphatic carbocycles. The fourth-order valence-corrected chi connectivity index (χ4v) is 4.80. The Kier molecular flexibility index (Phi) is 5.81. The van der Waals surface area contributed by atoms with E-state index in [-0.39, 0.29) is 11.8 Å². The molecule has 5 rings (SSSR count). The summed E-state index contributed by atoms with van der Waals surface area (Å²) in [7, 11) is 1.92. The van der Waals surface area contributed by atoms with Gasteiger partial charge in [-0.05, 0) is 55.4 Å². The van der Waals surface area contributed by atoms with Gasteiger partial charge >= 0.3 is 5.97 Å². The van der Waals surface area contributed by atoms with Crippen LogP contribution in [0.1, 0.15) is 60.3 Å². The summed E-state index contributed by atoms with van der Waals surface area (Å²) in [5, 5.41) is 17.4. The van der Waals surface area contributed by atoms with Crippen LogP contribution in [0.2, 0.25) is 0 Å². The van der Waals surface area contributed by atoms with Crippen molar-refractivity contribution in [3.05, 3.63) is 53.1 Å². The summed E-state index contributed by atoms with van der Waals surface area (Å²) in [4.78, 5) is 29.0. The van der Waals surface area contributed by atoms with Gasteiger partial charge in [-0.3, -0.25) is 14.6 Å². The minimum atomic E-state index is -0.843. The van der Waals surface area contributed by atoms with Crippen LogP contribution in [0.5, 0.6) is 0 Å². The first-order chi connectivity index (χ1) is 16.4. The van der Waals surface area contributed by atoms with Gasteiger partial charge in [0.15, 0.2) is 5.65 Å². The van der Waals surface area contributed by atoms with Crippen LogP contribution in [0.3, 0.4) is 0 Å². The largest absolute Gasteiger partial charge is 0.481 e. The van der Waals surface area contributed by atoms with Crippen molar-refractivity contribution >= 4 is 17.5 Å². The Morgan fingerprint density at radius 3 is 2.65 bits per heavy atom. The van der Waals surface area contributed by atoms with Crippen molar-refractivity contribution in [2.24, 2.45) is 5.92 Å². The summed E-state index contributed by atoms with van der Waals surface area (Å²) < 4.78 is 16.7. The van der Waals surface area contributed by atoms with E-state index in [1.807, 2.05) is 19.0 Å². The Labute approximate surface area is 197 Å². The average molecular weight is 466 g/mol. The molecule has 1 unspecified atom stereocenters. The molecule has 0 bridgehead atoms. The van der Waals surface area contributed by atoms with Crippen molar-refractivity contribution in [3.63, 3.8) is 0 Å². The highest BCUT2D eigenvalue weighted by Gasteiger charge is 2.44. The van der Waals surface area contributed by atoms with Crippen LogP contribution in [0.25, 0.3) is 16.9 Å². The molecule has 1 saturated carbocycles. The minimum absolute atomic E-state index is 0.138. The summed E-state index contributed by atoms with van der Waals surface area (Å²) in [5.74, 6) is -2.00. The van der Waals surface area contributed by atoms with E-state index in [0.29, 0.717) is 47.5 Å². The SMILES string of the molecule is CCc1cc(C(=O)N2CCCCCN2C)nc2cc(-c3ccc(C4C[C@H]4C(=O)O)cc3F)nn12. The molecule has 3 aromatic rings. The predicted molar refractivity (Wildman–Crippen MR) is 124 cm³/mol. The molecule has 1 aliphatic heterocycles. The lowest BCUT2D eigenvalue weighted by Crippen LogP contribution is -2.44. The Hall–Kier alpha value is -3.33. The average Bonchev–Trinajstić information content (AvgIpc) is 3.56. The number of hydrazine groups is 1. The lowest BCUT2D eigenvalue weighted by Gasteiger charge is -2.29. The lowest BCUT2D eigenvalue weighted by molar-refractivity contribution is -0.138. The standard InChI is InChI=1S/C25H28FN5O3/c1-3-16-12-22(24(32)30-10-6-4-5-9-29(30)2)27-23-14-21(28-31(16)23)17-8-7-15(11-20(17)26)18-13-19(18)25(33)34/h7-8,11-12,14,18-19H,3-6,9-10,13H2,1-2H3,(H,33,34)/t18?,19-/m1/s1. The third-order valence-corrected chi connectivity index (χ3v) is 6.89. The molecule has 0 spiro atoms. The molecule has 2 aliphatic rings. The smallest absolute Gasteiger partial charge is 0.307 e. The number of carboxylic acids is 1. The number of fused-ring (bicyclic) bond motifs is 1. The molecule has 2 fully saturated rings. The summed E-state index contributed by atoms with van der Waals surface area (Å²) in [6, 6.07) is 8.29. The van der Waals surface area contributed by atoms with E-state index in [2.05, 4.69) is 10.1 Å². The topological polar surface area (TPSA) is 91.0 Å². The van der Waals surface area contributed by atoms with Gasteiger partial charge < -0.3 is 5.11 Å². The van der Waals surface area contributed by atoms with E-state index in [1.54, 1.807) is 33.8 Å². The molecule has 2 aromatic heterocycles. The molecule has 1 saturated heterocycles. The van der Waals surface area contributed by atoms with Crippen LogP contribution in [-0.2, 0) is 11.2 Å². The number of hydrogen-bond donors (Lipinski definition) is 1. The number of carbonyl (C=O) groups is 2. The molecule has 0 radical (unpaired) electrons. The first-order valence-corrected chi connectivity index (χ1v) is 11.8. The second-order valence-electron chi connectivity index (χ2n) is 9.18. The molecule has 2 atom stereocenters. The summed E-state index contributed by atoms with van der Waals surface area (Å²) in [5.41, 5.74) is 3.11. The van der Waals surface area contributed by atoms with Gasteiger partial charge in [0.2, 0.25) is 0 Å². The minimum Gasteiger partial charge on any atom is -0.481 e. The molecule has 34 heavy (non-hydrogen) atoms. The number of benzene rings is 1. The van der Waals surface area contributed by atoms with Gasteiger partial charge in [-0.2, -0.15) is 5.10 Å².